The molecule has 3 rings (SSSR count). The van der Waals surface area contributed by atoms with Gasteiger partial charge in [-0.05, 0) is 14.0 Å². The minimum absolute atomic E-state index is 0.525. The predicted molar refractivity (Wildman–Crippen MR) is 73.9 cm³/mol. The molecule has 2 saturated heterocycles. The van der Waals surface area contributed by atoms with E-state index in [9.17, 15) is 0 Å². The van der Waals surface area contributed by atoms with E-state index in [4.69, 9.17) is 4.74 Å². The first-order chi connectivity index (χ1) is 9.26. The van der Waals surface area contributed by atoms with Crippen molar-refractivity contribution < 1.29 is 4.74 Å². The maximum absolute atomic E-state index is 5.77. The first-order valence-corrected chi connectivity index (χ1v) is 7.26. The third-order valence-corrected chi connectivity index (χ3v) is 4.33. The van der Waals surface area contributed by atoms with Crippen LogP contribution in [0.5, 0.6) is 0 Å². The van der Waals surface area contributed by atoms with Crippen LogP contribution in [0.25, 0.3) is 0 Å². The minimum atomic E-state index is 0.525. The number of hydrogen-bond acceptors (Lipinski definition) is 4. The zero-order valence-electron chi connectivity index (χ0n) is 12.0. The molecular weight excluding hydrogens is 240 g/mol. The Balaban J connectivity index is 1.71. The molecule has 1 aromatic heterocycles. The average molecular weight is 264 g/mol. The normalized spacial score (nSPS) is 29.4. The topological polar surface area (TPSA) is 33.5 Å². The van der Waals surface area contributed by atoms with E-state index in [2.05, 4.69) is 39.5 Å². The Hall–Kier alpha value is -0.910. The minimum Gasteiger partial charge on any atom is -0.379 e. The molecule has 1 aromatic rings. The van der Waals surface area contributed by atoms with Crippen LogP contribution < -0.4 is 0 Å². The van der Waals surface area contributed by atoms with Gasteiger partial charge in [0.1, 0.15) is 5.82 Å². The lowest BCUT2D eigenvalue weighted by Crippen LogP contribution is -2.42. The lowest BCUT2D eigenvalue weighted by Gasteiger charge is -2.29. The standard InChI is InChI=1S/C14H24N4O/c1-3-18-5-4-15-14(18)9-17-7-12-6-16(2)13(8-17)11-19-10-12/h4-5,12-13H,3,6-11H2,1-2H3/t12-,13+/m1/s1. The molecule has 2 aliphatic heterocycles. The summed E-state index contributed by atoms with van der Waals surface area (Å²) >= 11 is 0. The van der Waals surface area contributed by atoms with Gasteiger partial charge in [-0.15, -0.1) is 0 Å². The van der Waals surface area contributed by atoms with Crippen molar-refractivity contribution in [3.8, 4) is 0 Å². The summed E-state index contributed by atoms with van der Waals surface area (Å²) in [4.78, 5) is 9.51. The fraction of sp³-hybridized carbons (Fsp3) is 0.786. The molecule has 0 N–H and O–H groups in total. The third kappa shape index (κ3) is 2.83. The summed E-state index contributed by atoms with van der Waals surface area (Å²) < 4.78 is 8.01. The first kappa shape index (κ1) is 13.1. The van der Waals surface area contributed by atoms with Crippen LogP contribution in [0.15, 0.2) is 12.4 Å². The van der Waals surface area contributed by atoms with E-state index in [1.807, 2.05) is 6.20 Å². The Labute approximate surface area is 115 Å². The number of ether oxygens (including phenoxy) is 1. The number of rotatable bonds is 3. The third-order valence-electron chi connectivity index (χ3n) is 4.33. The van der Waals surface area contributed by atoms with Crippen LogP contribution in [0.2, 0.25) is 0 Å². The van der Waals surface area contributed by atoms with Crippen LogP contribution in [-0.2, 0) is 17.8 Å². The van der Waals surface area contributed by atoms with Crippen molar-refractivity contribution in [1.29, 1.82) is 0 Å². The molecule has 0 saturated carbocycles. The van der Waals surface area contributed by atoms with Crippen molar-refractivity contribution in [2.45, 2.75) is 26.1 Å². The second-order valence-electron chi connectivity index (χ2n) is 5.82. The Kier molecular flexibility index (Phi) is 3.86. The summed E-state index contributed by atoms with van der Waals surface area (Å²) in [6.07, 6.45) is 3.98. The maximum atomic E-state index is 5.77. The molecule has 2 bridgehead atoms. The van der Waals surface area contributed by atoms with Crippen LogP contribution in [0, 0.1) is 5.92 Å². The average Bonchev–Trinajstić information content (AvgIpc) is 2.67. The summed E-state index contributed by atoms with van der Waals surface area (Å²) in [7, 11) is 2.23. The number of imidazole rings is 1. The summed E-state index contributed by atoms with van der Waals surface area (Å²) in [5.74, 6) is 1.81. The number of hydrogen-bond donors (Lipinski definition) is 0. The van der Waals surface area contributed by atoms with Crippen LogP contribution in [0.4, 0.5) is 0 Å². The Morgan fingerprint density at radius 1 is 1.32 bits per heavy atom. The van der Waals surface area contributed by atoms with Gasteiger partial charge in [-0.3, -0.25) is 9.80 Å². The molecule has 106 valence electrons. The van der Waals surface area contributed by atoms with Gasteiger partial charge in [0, 0.05) is 50.5 Å². The fourth-order valence-electron chi connectivity index (χ4n) is 3.26. The molecule has 0 aromatic carbocycles. The van der Waals surface area contributed by atoms with Gasteiger partial charge in [-0.25, -0.2) is 4.98 Å². The summed E-state index contributed by atoms with van der Waals surface area (Å²) in [6, 6.07) is 0.525. The van der Waals surface area contributed by atoms with Crippen molar-refractivity contribution in [2.24, 2.45) is 5.92 Å². The second-order valence-corrected chi connectivity index (χ2v) is 5.82. The van der Waals surface area contributed by atoms with E-state index < -0.39 is 0 Å². The monoisotopic (exact) mass is 264 g/mol. The summed E-state index contributed by atoms with van der Waals surface area (Å²) in [5, 5.41) is 0. The molecule has 0 amide bonds. The van der Waals surface area contributed by atoms with E-state index in [1.54, 1.807) is 0 Å². The molecule has 19 heavy (non-hydrogen) atoms. The Bertz CT molecular complexity index is 419. The van der Waals surface area contributed by atoms with E-state index in [-0.39, 0.29) is 0 Å². The molecule has 0 radical (unpaired) electrons. The van der Waals surface area contributed by atoms with Crippen molar-refractivity contribution in [2.75, 3.05) is 39.9 Å². The smallest absolute Gasteiger partial charge is 0.122 e. The summed E-state index contributed by atoms with van der Waals surface area (Å²) in [6.45, 7) is 9.26. The van der Waals surface area contributed by atoms with Crippen LogP contribution in [0.1, 0.15) is 12.7 Å². The van der Waals surface area contributed by atoms with E-state index in [0.29, 0.717) is 12.0 Å². The van der Waals surface area contributed by atoms with E-state index in [0.717, 1.165) is 45.9 Å². The number of fused-ring (bicyclic) bond motifs is 3. The van der Waals surface area contributed by atoms with E-state index in [1.165, 1.54) is 5.82 Å². The molecule has 3 heterocycles. The fourth-order valence-corrected chi connectivity index (χ4v) is 3.26. The predicted octanol–water partition coefficient (Wildman–Crippen LogP) is 0.665. The number of aromatic nitrogens is 2. The number of aryl methyl sites for hydroxylation is 1. The van der Waals surface area contributed by atoms with E-state index >= 15 is 0 Å². The number of likely N-dealkylation sites (N-methyl/N-ethyl adjacent to an activating group) is 1. The highest BCUT2D eigenvalue weighted by molar-refractivity contribution is 4.94. The van der Waals surface area contributed by atoms with Gasteiger partial charge in [0.2, 0.25) is 0 Å². The largest absolute Gasteiger partial charge is 0.379 e. The molecular formula is C14H24N4O. The first-order valence-electron chi connectivity index (χ1n) is 7.26. The zero-order chi connectivity index (χ0) is 13.2. The van der Waals surface area contributed by atoms with Crippen molar-refractivity contribution >= 4 is 0 Å². The highest BCUT2D eigenvalue weighted by Crippen LogP contribution is 2.19. The van der Waals surface area contributed by atoms with Gasteiger partial charge in [0.15, 0.2) is 0 Å². The molecule has 2 fully saturated rings. The molecule has 5 heteroatoms. The molecule has 2 atom stereocenters. The van der Waals surface area contributed by atoms with Crippen molar-refractivity contribution in [3.63, 3.8) is 0 Å². The summed E-state index contributed by atoms with van der Waals surface area (Å²) in [5.41, 5.74) is 0. The molecule has 0 aliphatic carbocycles. The van der Waals surface area contributed by atoms with Crippen LogP contribution in [0.3, 0.4) is 0 Å². The van der Waals surface area contributed by atoms with Crippen LogP contribution in [-0.4, -0.2) is 65.3 Å². The van der Waals surface area contributed by atoms with Gasteiger partial charge < -0.3 is 9.30 Å². The lowest BCUT2D eigenvalue weighted by molar-refractivity contribution is 0.0505. The van der Waals surface area contributed by atoms with Gasteiger partial charge in [-0.1, -0.05) is 0 Å². The Morgan fingerprint density at radius 3 is 3.05 bits per heavy atom. The zero-order valence-corrected chi connectivity index (χ0v) is 12.0. The quantitative estimate of drug-likeness (QED) is 0.803. The van der Waals surface area contributed by atoms with Crippen LogP contribution >= 0.6 is 0 Å². The Morgan fingerprint density at radius 2 is 2.21 bits per heavy atom. The van der Waals surface area contributed by atoms with Gasteiger partial charge in [0.05, 0.1) is 19.8 Å². The molecule has 5 nitrogen and oxygen atoms in total. The highest BCUT2D eigenvalue weighted by Gasteiger charge is 2.31. The molecule has 2 aliphatic rings. The van der Waals surface area contributed by atoms with Gasteiger partial charge >= 0.3 is 0 Å². The highest BCUT2D eigenvalue weighted by atomic mass is 16.5. The molecule has 0 unspecified atom stereocenters. The maximum Gasteiger partial charge on any atom is 0.122 e. The number of nitrogens with zero attached hydrogens (tertiary/aromatic N) is 4. The van der Waals surface area contributed by atoms with Gasteiger partial charge in [-0.2, -0.15) is 0 Å². The SMILES string of the molecule is CCn1ccnc1CN1C[C@@H]2COC[C@H](C1)N(C)C2. The van der Waals surface area contributed by atoms with Crippen molar-refractivity contribution in [3.05, 3.63) is 18.2 Å². The lowest BCUT2D eigenvalue weighted by atomic mass is 10.1. The van der Waals surface area contributed by atoms with Gasteiger partial charge in [0.25, 0.3) is 0 Å². The van der Waals surface area contributed by atoms with Crippen molar-refractivity contribution in [1.82, 2.24) is 19.4 Å². The second kappa shape index (κ2) is 5.61. The molecule has 0 spiro atoms.